The van der Waals surface area contributed by atoms with Crippen LogP contribution in [-0.4, -0.2) is 32.3 Å². The van der Waals surface area contributed by atoms with Crippen LogP contribution in [0.3, 0.4) is 0 Å². The third kappa shape index (κ3) is 7.49. The first kappa shape index (κ1) is 11.4. The Labute approximate surface area is 71.8 Å². The third-order valence-electron chi connectivity index (χ3n) is 1.22. The summed E-state index contributed by atoms with van der Waals surface area (Å²) in [6.45, 7) is 1.84. The average Bonchev–Trinajstić information content (AvgIpc) is 1.80. The number of sulfonamides is 1. The van der Waals surface area contributed by atoms with Crippen molar-refractivity contribution in [3.8, 4) is 0 Å². The number of rotatable bonds is 5. The fourth-order valence-corrected chi connectivity index (χ4v) is 1.25. The Balaban J connectivity index is 3.72. The van der Waals surface area contributed by atoms with Gasteiger partial charge in [0.05, 0.1) is 6.26 Å². The quantitative estimate of drug-likeness (QED) is 0.628. The van der Waals surface area contributed by atoms with Crippen LogP contribution in [-0.2, 0) is 14.8 Å². The molecule has 0 aliphatic rings. The molecule has 0 saturated heterocycles. The van der Waals surface area contributed by atoms with E-state index in [9.17, 15) is 13.2 Å². The van der Waals surface area contributed by atoms with Crippen LogP contribution >= 0.6 is 0 Å². The molecule has 6 heteroatoms. The van der Waals surface area contributed by atoms with Crippen LogP contribution in [0.4, 0.5) is 0 Å². The van der Waals surface area contributed by atoms with E-state index in [-0.39, 0.29) is 18.9 Å². The van der Waals surface area contributed by atoms with E-state index in [0.29, 0.717) is 0 Å². The molecule has 0 rings (SSSR count). The summed E-state index contributed by atoms with van der Waals surface area (Å²) in [7, 11) is -3.20. The monoisotopic (exact) mass is 195 g/mol. The van der Waals surface area contributed by atoms with E-state index in [0.717, 1.165) is 6.26 Å². The van der Waals surface area contributed by atoms with Gasteiger partial charge in [-0.15, -0.1) is 0 Å². The largest absolute Gasteiger partial charge is 0.481 e. The van der Waals surface area contributed by atoms with Crippen molar-refractivity contribution in [2.45, 2.75) is 13.3 Å². The van der Waals surface area contributed by atoms with Gasteiger partial charge in [-0.05, 0) is 5.92 Å². The molecule has 72 valence electrons. The number of hydrogen-bond acceptors (Lipinski definition) is 3. The van der Waals surface area contributed by atoms with Gasteiger partial charge < -0.3 is 5.11 Å². The molecule has 0 amide bonds. The van der Waals surface area contributed by atoms with Gasteiger partial charge in [-0.25, -0.2) is 13.1 Å². The molecule has 0 saturated carbocycles. The van der Waals surface area contributed by atoms with Gasteiger partial charge in [0.2, 0.25) is 10.0 Å². The standard InChI is InChI=1S/C6H13NO4S/c1-5(3-6(8)9)4-7-12(2,10)11/h5,7H,3-4H2,1-2H3,(H,8,9). The second-order valence-electron chi connectivity index (χ2n) is 2.82. The minimum atomic E-state index is -3.20. The van der Waals surface area contributed by atoms with Crippen molar-refractivity contribution in [1.29, 1.82) is 0 Å². The van der Waals surface area contributed by atoms with Crippen LogP contribution in [0.25, 0.3) is 0 Å². The lowest BCUT2D eigenvalue weighted by atomic mass is 10.1. The van der Waals surface area contributed by atoms with Crippen LogP contribution < -0.4 is 4.72 Å². The molecule has 0 heterocycles. The molecule has 0 aromatic carbocycles. The van der Waals surface area contributed by atoms with Crippen LogP contribution in [0.15, 0.2) is 0 Å². The van der Waals surface area contributed by atoms with Crippen molar-refractivity contribution < 1.29 is 18.3 Å². The summed E-state index contributed by atoms with van der Waals surface area (Å²) in [5, 5.41) is 8.34. The summed E-state index contributed by atoms with van der Waals surface area (Å²) < 4.78 is 23.4. The first-order valence-corrected chi connectivity index (χ1v) is 5.37. The highest BCUT2D eigenvalue weighted by molar-refractivity contribution is 7.88. The Morgan fingerprint density at radius 3 is 2.42 bits per heavy atom. The highest BCUT2D eigenvalue weighted by Crippen LogP contribution is 1.99. The van der Waals surface area contributed by atoms with Gasteiger partial charge >= 0.3 is 5.97 Å². The first-order valence-electron chi connectivity index (χ1n) is 3.47. The summed E-state index contributed by atoms with van der Waals surface area (Å²) in [4.78, 5) is 10.2. The number of carboxylic acids is 1. The van der Waals surface area contributed by atoms with Crippen molar-refractivity contribution in [2.75, 3.05) is 12.8 Å². The van der Waals surface area contributed by atoms with Crippen molar-refractivity contribution in [3.05, 3.63) is 0 Å². The Morgan fingerprint density at radius 1 is 1.58 bits per heavy atom. The van der Waals surface area contributed by atoms with E-state index >= 15 is 0 Å². The second kappa shape index (κ2) is 4.42. The fraction of sp³-hybridized carbons (Fsp3) is 0.833. The number of carbonyl (C=O) groups is 1. The smallest absolute Gasteiger partial charge is 0.303 e. The van der Waals surface area contributed by atoms with E-state index in [2.05, 4.69) is 4.72 Å². The summed E-state index contributed by atoms with van der Waals surface area (Å²) in [5.41, 5.74) is 0. The molecule has 5 nitrogen and oxygen atoms in total. The highest BCUT2D eigenvalue weighted by atomic mass is 32.2. The summed E-state index contributed by atoms with van der Waals surface area (Å²) >= 11 is 0. The first-order chi connectivity index (χ1) is 5.31. The Morgan fingerprint density at radius 2 is 2.08 bits per heavy atom. The molecule has 0 spiro atoms. The minimum absolute atomic E-state index is 0.0253. The van der Waals surface area contributed by atoms with Crippen LogP contribution in [0.2, 0.25) is 0 Å². The molecule has 0 bridgehead atoms. The second-order valence-corrected chi connectivity index (χ2v) is 4.66. The zero-order valence-electron chi connectivity index (χ0n) is 7.07. The molecule has 1 atom stereocenters. The van der Waals surface area contributed by atoms with Gasteiger partial charge in [0.15, 0.2) is 0 Å². The van der Waals surface area contributed by atoms with E-state index in [1.54, 1.807) is 6.92 Å². The molecule has 1 unspecified atom stereocenters. The normalized spacial score (nSPS) is 14.2. The molecule has 0 aliphatic heterocycles. The van der Waals surface area contributed by atoms with Crippen molar-refractivity contribution in [2.24, 2.45) is 5.92 Å². The predicted octanol–water partition coefficient (Wildman–Crippen LogP) is -0.354. The van der Waals surface area contributed by atoms with E-state index < -0.39 is 16.0 Å². The molecular weight excluding hydrogens is 182 g/mol. The topological polar surface area (TPSA) is 83.5 Å². The molecule has 0 radical (unpaired) electrons. The number of carboxylic acid groups (broad SMARTS) is 1. The van der Waals surface area contributed by atoms with Crippen molar-refractivity contribution >= 4 is 16.0 Å². The Bertz CT molecular complexity index is 246. The van der Waals surface area contributed by atoms with Crippen LogP contribution in [0, 0.1) is 5.92 Å². The van der Waals surface area contributed by atoms with Crippen molar-refractivity contribution in [3.63, 3.8) is 0 Å². The molecule has 2 N–H and O–H groups in total. The highest BCUT2D eigenvalue weighted by Gasteiger charge is 2.09. The van der Waals surface area contributed by atoms with Crippen molar-refractivity contribution in [1.82, 2.24) is 4.72 Å². The van der Waals surface area contributed by atoms with Gasteiger partial charge in [-0.1, -0.05) is 6.92 Å². The lowest BCUT2D eigenvalue weighted by molar-refractivity contribution is -0.137. The fourth-order valence-electron chi connectivity index (χ4n) is 0.664. The van der Waals surface area contributed by atoms with Gasteiger partial charge in [0, 0.05) is 13.0 Å². The van der Waals surface area contributed by atoms with Gasteiger partial charge in [0.25, 0.3) is 0 Å². The maximum atomic E-state index is 10.6. The predicted molar refractivity (Wildman–Crippen MR) is 44.3 cm³/mol. The SMILES string of the molecule is CC(CNS(C)(=O)=O)CC(=O)O. The number of aliphatic carboxylic acids is 1. The summed E-state index contributed by atoms with van der Waals surface area (Å²) in [5.74, 6) is -1.10. The van der Waals surface area contributed by atoms with Gasteiger partial charge in [0.1, 0.15) is 0 Å². The number of hydrogen-bond donors (Lipinski definition) is 2. The molecular formula is C6H13NO4S. The molecule has 0 aliphatic carbocycles. The number of nitrogens with one attached hydrogen (secondary N) is 1. The molecule has 0 fully saturated rings. The van der Waals surface area contributed by atoms with Gasteiger partial charge in [-0.3, -0.25) is 4.79 Å². The molecule has 0 aromatic rings. The summed E-state index contributed by atoms with van der Waals surface area (Å²) in [6.07, 6.45) is 1.02. The average molecular weight is 195 g/mol. The zero-order valence-corrected chi connectivity index (χ0v) is 7.89. The maximum absolute atomic E-state index is 10.6. The molecule has 12 heavy (non-hydrogen) atoms. The Kier molecular flexibility index (Phi) is 4.19. The minimum Gasteiger partial charge on any atom is -0.481 e. The van der Waals surface area contributed by atoms with Gasteiger partial charge in [-0.2, -0.15) is 0 Å². The lowest BCUT2D eigenvalue weighted by Gasteiger charge is -2.07. The van der Waals surface area contributed by atoms with E-state index in [1.165, 1.54) is 0 Å². The van der Waals surface area contributed by atoms with E-state index in [4.69, 9.17) is 5.11 Å². The zero-order chi connectivity index (χ0) is 9.78. The summed E-state index contributed by atoms with van der Waals surface area (Å²) in [6, 6.07) is 0. The molecule has 0 aromatic heterocycles. The van der Waals surface area contributed by atoms with Crippen LogP contribution in [0.5, 0.6) is 0 Å². The third-order valence-corrected chi connectivity index (χ3v) is 1.91. The maximum Gasteiger partial charge on any atom is 0.303 e. The van der Waals surface area contributed by atoms with E-state index in [1.807, 2.05) is 0 Å². The Hall–Kier alpha value is -0.620. The lowest BCUT2D eigenvalue weighted by Crippen LogP contribution is -2.28. The van der Waals surface area contributed by atoms with Crippen LogP contribution in [0.1, 0.15) is 13.3 Å².